The minimum atomic E-state index is -4.25. The van der Waals surface area contributed by atoms with Crippen molar-refractivity contribution in [2.24, 2.45) is 5.92 Å². The maximum absolute atomic E-state index is 12.1. The number of aromatic amines is 1. The van der Waals surface area contributed by atoms with Crippen LogP contribution in [-0.2, 0) is 11.3 Å². The Kier molecular flexibility index (Phi) is 7.50. The Morgan fingerprint density at radius 1 is 1.40 bits per heavy atom. The van der Waals surface area contributed by atoms with Crippen molar-refractivity contribution in [3.8, 4) is 0 Å². The molecule has 0 amide bonds. The van der Waals surface area contributed by atoms with Crippen LogP contribution in [0.25, 0.3) is 5.57 Å². The molecule has 7 heteroatoms. The van der Waals surface area contributed by atoms with E-state index in [0.717, 1.165) is 38.0 Å². The molecule has 25 heavy (non-hydrogen) atoms. The monoisotopic (exact) mass is 359 g/mol. The average molecular weight is 359 g/mol. The fourth-order valence-electron chi connectivity index (χ4n) is 3.12. The normalized spacial score (nSPS) is 18.6. The highest BCUT2D eigenvalue weighted by Gasteiger charge is 2.28. The summed E-state index contributed by atoms with van der Waals surface area (Å²) in [5.74, 6) is 0.157. The van der Waals surface area contributed by atoms with Crippen LogP contribution in [0.1, 0.15) is 50.3 Å². The van der Waals surface area contributed by atoms with Gasteiger partial charge < -0.3 is 9.64 Å². The maximum atomic E-state index is 12.1. The van der Waals surface area contributed by atoms with E-state index in [1.54, 1.807) is 0 Å². The molecule has 0 radical (unpaired) electrons. The molecule has 1 aliphatic carbocycles. The Bertz CT molecular complexity index is 554. The summed E-state index contributed by atoms with van der Waals surface area (Å²) < 4.78 is 41.2. The molecular formula is C18H28F3N3O. The van der Waals surface area contributed by atoms with Crippen molar-refractivity contribution in [3.63, 3.8) is 0 Å². The van der Waals surface area contributed by atoms with Crippen LogP contribution in [-0.4, -0.2) is 48.1 Å². The number of alkyl halides is 3. The number of rotatable bonds is 9. The van der Waals surface area contributed by atoms with E-state index >= 15 is 0 Å². The summed E-state index contributed by atoms with van der Waals surface area (Å²) in [6.45, 7) is 3.09. The molecule has 1 unspecified atom stereocenters. The standard InChI is InChI=1S/C18H28F3N3O/c1-3-4-9-24(2)11-16-10-22-23-17(16)15-7-5-14(6-8-15)12-25-13-18(19,20)21/h7,10,14H,3-6,8-9,11-13H2,1-2H3,(H,22,23). The summed E-state index contributed by atoms with van der Waals surface area (Å²) in [6.07, 6.45) is 4.52. The van der Waals surface area contributed by atoms with Gasteiger partial charge in [0.1, 0.15) is 6.61 Å². The van der Waals surface area contributed by atoms with Crippen molar-refractivity contribution in [2.75, 3.05) is 26.8 Å². The Balaban J connectivity index is 1.86. The minimum absolute atomic E-state index is 0.157. The van der Waals surface area contributed by atoms with Gasteiger partial charge in [-0.05, 0) is 50.8 Å². The van der Waals surface area contributed by atoms with Gasteiger partial charge in [-0.2, -0.15) is 18.3 Å². The molecule has 1 aromatic heterocycles. The first-order valence-corrected chi connectivity index (χ1v) is 8.93. The quantitative estimate of drug-likeness (QED) is 0.710. The molecule has 0 fully saturated rings. The van der Waals surface area contributed by atoms with Crippen LogP contribution in [0.5, 0.6) is 0 Å². The van der Waals surface area contributed by atoms with Crippen LogP contribution in [0, 0.1) is 5.92 Å². The van der Waals surface area contributed by atoms with E-state index in [1.165, 1.54) is 24.0 Å². The van der Waals surface area contributed by atoms with E-state index in [1.807, 2.05) is 6.20 Å². The number of H-pyrrole nitrogens is 1. The highest BCUT2D eigenvalue weighted by atomic mass is 19.4. The molecule has 1 atom stereocenters. The van der Waals surface area contributed by atoms with Crippen molar-refractivity contribution < 1.29 is 17.9 Å². The number of nitrogens with zero attached hydrogens (tertiary/aromatic N) is 2. The van der Waals surface area contributed by atoms with Crippen LogP contribution >= 0.6 is 0 Å². The van der Waals surface area contributed by atoms with E-state index in [0.29, 0.717) is 0 Å². The number of ether oxygens (including phenoxy) is 1. The molecule has 0 spiro atoms. The van der Waals surface area contributed by atoms with Gasteiger partial charge in [0, 0.05) is 12.1 Å². The van der Waals surface area contributed by atoms with Crippen LogP contribution in [0.3, 0.4) is 0 Å². The van der Waals surface area contributed by atoms with Gasteiger partial charge >= 0.3 is 6.18 Å². The zero-order valence-corrected chi connectivity index (χ0v) is 15.0. The molecule has 0 bridgehead atoms. The van der Waals surface area contributed by atoms with E-state index < -0.39 is 12.8 Å². The second-order valence-electron chi connectivity index (χ2n) is 6.86. The van der Waals surface area contributed by atoms with Gasteiger partial charge in [-0.25, -0.2) is 0 Å². The van der Waals surface area contributed by atoms with E-state index in [2.05, 4.69) is 35.1 Å². The van der Waals surface area contributed by atoms with Gasteiger partial charge in [0.25, 0.3) is 0 Å². The predicted octanol–water partition coefficient (Wildman–Crippen LogP) is 4.40. The highest BCUT2D eigenvalue weighted by Crippen LogP contribution is 2.31. The molecule has 0 aliphatic heterocycles. The number of nitrogens with one attached hydrogen (secondary N) is 1. The largest absolute Gasteiger partial charge is 0.411 e. The Morgan fingerprint density at radius 2 is 2.20 bits per heavy atom. The van der Waals surface area contributed by atoms with Gasteiger partial charge in [-0.3, -0.25) is 5.10 Å². The number of unbranched alkanes of at least 4 members (excludes halogenated alkanes) is 1. The summed E-state index contributed by atoms with van der Waals surface area (Å²) in [5.41, 5.74) is 3.46. The summed E-state index contributed by atoms with van der Waals surface area (Å²) in [6, 6.07) is 0. The van der Waals surface area contributed by atoms with Gasteiger partial charge in [-0.15, -0.1) is 0 Å². The molecule has 0 aromatic carbocycles. The molecule has 1 N–H and O–H groups in total. The minimum Gasteiger partial charge on any atom is -0.372 e. The Hall–Kier alpha value is -1.34. The second-order valence-corrected chi connectivity index (χ2v) is 6.86. The molecule has 1 aliphatic rings. The first-order valence-electron chi connectivity index (χ1n) is 8.93. The maximum Gasteiger partial charge on any atom is 0.411 e. The van der Waals surface area contributed by atoms with E-state index in [-0.39, 0.29) is 12.5 Å². The smallest absolute Gasteiger partial charge is 0.372 e. The molecule has 0 saturated carbocycles. The van der Waals surface area contributed by atoms with Crippen molar-refractivity contribution >= 4 is 5.57 Å². The molecular weight excluding hydrogens is 331 g/mol. The third-order valence-corrected chi connectivity index (χ3v) is 4.51. The molecule has 2 rings (SSSR count). The van der Waals surface area contributed by atoms with Gasteiger partial charge in [0.2, 0.25) is 0 Å². The number of hydrogen-bond donors (Lipinski definition) is 1. The summed E-state index contributed by atoms with van der Waals surface area (Å²) >= 11 is 0. The molecule has 4 nitrogen and oxygen atoms in total. The van der Waals surface area contributed by atoms with Crippen molar-refractivity contribution in [1.82, 2.24) is 15.1 Å². The molecule has 0 saturated heterocycles. The topological polar surface area (TPSA) is 41.2 Å². The summed E-state index contributed by atoms with van der Waals surface area (Å²) in [4.78, 5) is 2.29. The van der Waals surface area contributed by atoms with Crippen molar-refractivity contribution in [3.05, 3.63) is 23.5 Å². The lowest BCUT2D eigenvalue weighted by molar-refractivity contribution is -0.176. The second kappa shape index (κ2) is 9.38. The lowest BCUT2D eigenvalue weighted by atomic mass is 9.88. The summed E-state index contributed by atoms with van der Waals surface area (Å²) in [5, 5.41) is 7.27. The third-order valence-electron chi connectivity index (χ3n) is 4.51. The van der Waals surface area contributed by atoms with Crippen LogP contribution in [0.4, 0.5) is 13.2 Å². The van der Waals surface area contributed by atoms with Crippen molar-refractivity contribution in [1.29, 1.82) is 0 Å². The van der Waals surface area contributed by atoms with Gasteiger partial charge in [0.05, 0.1) is 18.5 Å². The zero-order valence-electron chi connectivity index (χ0n) is 15.0. The van der Waals surface area contributed by atoms with Gasteiger partial charge in [0.15, 0.2) is 0 Å². The average Bonchev–Trinajstić information content (AvgIpc) is 3.00. The van der Waals surface area contributed by atoms with Crippen LogP contribution in [0.15, 0.2) is 12.3 Å². The predicted molar refractivity (Wildman–Crippen MR) is 92.0 cm³/mol. The van der Waals surface area contributed by atoms with E-state index in [9.17, 15) is 13.2 Å². The first-order chi connectivity index (χ1) is 11.9. The lowest BCUT2D eigenvalue weighted by Crippen LogP contribution is -2.21. The fourth-order valence-corrected chi connectivity index (χ4v) is 3.12. The van der Waals surface area contributed by atoms with Crippen molar-refractivity contribution in [2.45, 2.75) is 51.7 Å². The third kappa shape index (κ3) is 6.82. The molecule has 1 aromatic rings. The molecule has 142 valence electrons. The van der Waals surface area contributed by atoms with Gasteiger partial charge in [-0.1, -0.05) is 19.4 Å². The summed E-state index contributed by atoms with van der Waals surface area (Å²) in [7, 11) is 2.11. The number of halogens is 3. The number of hydrogen-bond acceptors (Lipinski definition) is 3. The Morgan fingerprint density at radius 3 is 2.84 bits per heavy atom. The first kappa shape index (κ1) is 20.0. The number of allylic oxidation sites excluding steroid dienone is 2. The number of aromatic nitrogens is 2. The SMILES string of the molecule is CCCCN(C)Cc1cn[nH]c1C1=CCC(COCC(F)(F)F)CC1. The highest BCUT2D eigenvalue weighted by molar-refractivity contribution is 5.65. The Labute approximate surface area is 147 Å². The zero-order chi connectivity index (χ0) is 18.3. The van der Waals surface area contributed by atoms with E-state index in [4.69, 9.17) is 4.74 Å². The van der Waals surface area contributed by atoms with Crippen LogP contribution in [0.2, 0.25) is 0 Å². The lowest BCUT2D eigenvalue weighted by Gasteiger charge is -2.23. The molecule has 1 heterocycles. The fraction of sp³-hybridized carbons (Fsp3) is 0.722. The van der Waals surface area contributed by atoms with Crippen LogP contribution < -0.4 is 0 Å².